The highest BCUT2D eigenvalue weighted by Gasteiger charge is 2.14. The Balaban J connectivity index is 2.43. The average molecular weight is 231 g/mol. The van der Waals surface area contributed by atoms with Crippen LogP contribution in [0, 0.1) is 0 Å². The smallest absolute Gasteiger partial charge is 0.335 e. The van der Waals surface area contributed by atoms with E-state index < -0.39 is 5.97 Å². The lowest BCUT2D eigenvalue weighted by atomic mass is 10.1. The molecule has 0 radical (unpaired) electrons. The molecule has 0 bridgehead atoms. The topological polar surface area (TPSA) is 95.9 Å². The third-order valence-electron chi connectivity index (χ3n) is 2.29. The molecule has 1 aromatic carbocycles. The number of aromatic carboxylic acids is 1. The number of rotatable bonds is 3. The van der Waals surface area contributed by atoms with Gasteiger partial charge in [0.25, 0.3) is 0 Å². The highest BCUT2D eigenvalue weighted by Crippen LogP contribution is 2.20. The van der Waals surface area contributed by atoms with E-state index >= 15 is 0 Å². The molecule has 86 valence electrons. The number of H-pyrrole nitrogens is 1. The molecule has 2 N–H and O–H groups in total. The van der Waals surface area contributed by atoms with Crippen LogP contribution in [0.4, 0.5) is 0 Å². The monoisotopic (exact) mass is 231 g/mol. The van der Waals surface area contributed by atoms with Crippen LogP contribution in [0.15, 0.2) is 24.3 Å². The third kappa shape index (κ3) is 2.05. The maximum atomic E-state index is 11.3. The molecular formula is C11H9N3O3. The van der Waals surface area contributed by atoms with E-state index in [1.54, 1.807) is 12.1 Å². The molecule has 0 spiro atoms. The van der Waals surface area contributed by atoms with Crippen LogP contribution < -0.4 is 0 Å². The van der Waals surface area contributed by atoms with Gasteiger partial charge in [-0.3, -0.25) is 4.79 Å². The molecule has 0 aliphatic heterocycles. The van der Waals surface area contributed by atoms with Gasteiger partial charge in [-0.15, -0.1) is 0 Å². The molecule has 17 heavy (non-hydrogen) atoms. The normalized spacial score (nSPS) is 10.2. The molecule has 0 saturated heterocycles. The minimum Gasteiger partial charge on any atom is -0.478 e. The van der Waals surface area contributed by atoms with E-state index in [0.29, 0.717) is 11.3 Å². The standard InChI is InChI=1S/C11H9N3O3/c1-6(15)9-10(13-14-12-9)7-2-4-8(5-3-7)11(16)17/h2-5H,1H3,(H,16,17)(H,12,13,14). The van der Waals surface area contributed by atoms with Crippen molar-refractivity contribution in [2.45, 2.75) is 6.92 Å². The van der Waals surface area contributed by atoms with Crippen molar-refractivity contribution in [3.63, 3.8) is 0 Å². The van der Waals surface area contributed by atoms with Gasteiger partial charge in [0.2, 0.25) is 0 Å². The summed E-state index contributed by atoms with van der Waals surface area (Å²) in [4.78, 5) is 21.9. The first-order valence-corrected chi connectivity index (χ1v) is 4.85. The van der Waals surface area contributed by atoms with Gasteiger partial charge in [0.15, 0.2) is 11.5 Å². The molecule has 6 heteroatoms. The lowest BCUT2D eigenvalue weighted by molar-refractivity contribution is 0.0696. The largest absolute Gasteiger partial charge is 0.478 e. The maximum absolute atomic E-state index is 11.3. The number of benzene rings is 1. The van der Waals surface area contributed by atoms with Crippen LogP contribution in [0.2, 0.25) is 0 Å². The number of aromatic amines is 1. The van der Waals surface area contributed by atoms with Crippen molar-refractivity contribution in [2.24, 2.45) is 0 Å². The molecule has 1 aromatic heterocycles. The molecule has 0 unspecified atom stereocenters. The Labute approximate surface area is 96.3 Å². The first kappa shape index (κ1) is 11.0. The van der Waals surface area contributed by atoms with E-state index in [2.05, 4.69) is 15.4 Å². The molecule has 2 aromatic rings. The summed E-state index contributed by atoms with van der Waals surface area (Å²) in [5, 5.41) is 18.8. The molecule has 0 saturated carbocycles. The highest BCUT2D eigenvalue weighted by atomic mass is 16.4. The van der Waals surface area contributed by atoms with Crippen molar-refractivity contribution < 1.29 is 14.7 Å². The van der Waals surface area contributed by atoms with Crippen LogP contribution >= 0.6 is 0 Å². The van der Waals surface area contributed by atoms with Gasteiger partial charge in [-0.1, -0.05) is 12.1 Å². The zero-order chi connectivity index (χ0) is 12.4. The van der Waals surface area contributed by atoms with Gasteiger partial charge in [-0.25, -0.2) is 4.79 Å². The summed E-state index contributed by atoms with van der Waals surface area (Å²) in [7, 11) is 0. The Hall–Kier alpha value is -2.50. The number of nitrogens with one attached hydrogen (secondary N) is 1. The summed E-state index contributed by atoms with van der Waals surface area (Å²) >= 11 is 0. The number of carbonyl (C=O) groups is 2. The summed E-state index contributed by atoms with van der Waals surface area (Å²) in [5.74, 6) is -1.19. The fourth-order valence-corrected chi connectivity index (χ4v) is 1.45. The zero-order valence-corrected chi connectivity index (χ0v) is 8.97. The second-order valence-corrected chi connectivity index (χ2v) is 3.46. The predicted octanol–water partition coefficient (Wildman–Crippen LogP) is 1.37. The Morgan fingerprint density at radius 2 is 1.82 bits per heavy atom. The fraction of sp³-hybridized carbons (Fsp3) is 0.0909. The molecule has 2 rings (SSSR count). The molecule has 0 fully saturated rings. The van der Waals surface area contributed by atoms with Gasteiger partial charge in [-0.2, -0.15) is 15.4 Å². The van der Waals surface area contributed by atoms with Crippen molar-refractivity contribution in [3.05, 3.63) is 35.5 Å². The van der Waals surface area contributed by atoms with Crippen LogP contribution in [-0.2, 0) is 0 Å². The number of carboxylic acid groups (broad SMARTS) is 1. The molecule has 0 atom stereocenters. The number of carbonyl (C=O) groups excluding carboxylic acids is 1. The summed E-state index contributed by atoms with van der Waals surface area (Å²) in [6, 6.07) is 6.09. The highest BCUT2D eigenvalue weighted by molar-refractivity contribution is 5.98. The van der Waals surface area contributed by atoms with Crippen LogP contribution in [0.25, 0.3) is 11.3 Å². The van der Waals surface area contributed by atoms with E-state index in [-0.39, 0.29) is 17.0 Å². The third-order valence-corrected chi connectivity index (χ3v) is 2.29. The van der Waals surface area contributed by atoms with Crippen LogP contribution in [-0.4, -0.2) is 32.3 Å². The number of carboxylic acids is 1. The fourth-order valence-electron chi connectivity index (χ4n) is 1.45. The Kier molecular flexibility index (Phi) is 2.70. The van der Waals surface area contributed by atoms with Crippen molar-refractivity contribution in [2.75, 3.05) is 0 Å². The molecule has 1 heterocycles. The SMILES string of the molecule is CC(=O)c1n[nH]nc1-c1ccc(C(=O)O)cc1. The van der Waals surface area contributed by atoms with E-state index in [0.717, 1.165) is 0 Å². The van der Waals surface area contributed by atoms with Gasteiger partial charge >= 0.3 is 5.97 Å². The molecule has 0 amide bonds. The second kappa shape index (κ2) is 4.17. The van der Waals surface area contributed by atoms with Crippen LogP contribution in [0.1, 0.15) is 27.8 Å². The maximum Gasteiger partial charge on any atom is 0.335 e. The number of ketones is 1. The lowest BCUT2D eigenvalue weighted by Crippen LogP contribution is -1.97. The summed E-state index contributed by atoms with van der Waals surface area (Å²) in [5.41, 5.74) is 1.50. The predicted molar refractivity (Wildman–Crippen MR) is 58.8 cm³/mol. The van der Waals surface area contributed by atoms with E-state index in [1.807, 2.05) is 0 Å². The van der Waals surface area contributed by atoms with Crippen LogP contribution in [0.5, 0.6) is 0 Å². The van der Waals surface area contributed by atoms with Crippen molar-refractivity contribution in [3.8, 4) is 11.3 Å². The van der Waals surface area contributed by atoms with Crippen molar-refractivity contribution in [1.29, 1.82) is 0 Å². The van der Waals surface area contributed by atoms with Gasteiger partial charge in [0.05, 0.1) is 5.56 Å². The molecule has 0 aliphatic rings. The molecular weight excluding hydrogens is 222 g/mol. The molecule has 6 nitrogen and oxygen atoms in total. The van der Waals surface area contributed by atoms with E-state index in [9.17, 15) is 9.59 Å². The average Bonchev–Trinajstić information content (AvgIpc) is 2.78. The number of Topliss-reactive ketones (excluding diaryl/α,β-unsaturated/α-hetero) is 1. The van der Waals surface area contributed by atoms with Gasteiger partial charge < -0.3 is 5.11 Å². The Bertz CT molecular complexity index is 572. The molecule has 0 aliphatic carbocycles. The Morgan fingerprint density at radius 3 is 2.35 bits per heavy atom. The summed E-state index contributed by atoms with van der Waals surface area (Å²) in [6.45, 7) is 1.40. The number of hydrogen-bond donors (Lipinski definition) is 2. The van der Waals surface area contributed by atoms with E-state index in [4.69, 9.17) is 5.11 Å². The van der Waals surface area contributed by atoms with Crippen LogP contribution in [0.3, 0.4) is 0 Å². The number of hydrogen-bond acceptors (Lipinski definition) is 4. The first-order valence-electron chi connectivity index (χ1n) is 4.85. The summed E-state index contributed by atoms with van der Waals surface area (Å²) in [6.07, 6.45) is 0. The quantitative estimate of drug-likeness (QED) is 0.778. The first-order chi connectivity index (χ1) is 8.09. The Morgan fingerprint density at radius 1 is 1.18 bits per heavy atom. The van der Waals surface area contributed by atoms with Gasteiger partial charge in [-0.05, 0) is 12.1 Å². The van der Waals surface area contributed by atoms with E-state index in [1.165, 1.54) is 19.1 Å². The zero-order valence-electron chi connectivity index (χ0n) is 8.97. The second-order valence-electron chi connectivity index (χ2n) is 3.46. The minimum atomic E-state index is -0.997. The lowest BCUT2D eigenvalue weighted by Gasteiger charge is -1.99. The number of nitrogens with zero attached hydrogens (tertiary/aromatic N) is 2. The van der Waals surface area contributed by atoms with Gasteiger partial charge in [0, 0.05) is 12.5 Å². The summed E-state index contributed by atoms with van der Waals surface area (Å²) < 4.78 is 0. The minimum absolute atomic E-state index is 0.182. The van der Waals surface area contributed by atoms with Gasteiger partial charge in [0.1, 0.15) is 5.69 Å². The van der Waals surface area contributed by atoms with Crippen molar-refractivity contribution in [1.82, 2.24) is 15.4 Å². The number of aromatic nitrogens is 3. The van der Waals surface area contributed by atoms with Crippen molar-refractivity contribution >= 4 is 11.8 Å².